The van der Waals surface area contributed by atoms with Crippen molar-refractivity contribution in [1.82, 2.24) is 0 Å². The molecule has 3 rings (SSSR count). The van der Waals surface area contributed by atoms with E-state index >= 15 is 0 Å². The van der Waals surface area contributed by atoms with Crippen LogP contribution >= 0.6 is 0 Å². The molecule has 1 saturated heterocycles. The third kappa shape index (κ3) is 4.26. The molecule has 0 spiro atoms. The van der Waals surface area contributed by atoms with Gasteiger partial charge >= 0.3 is 0 Å². The molecule has 2 aromatic rings. The summed E-state index contributed by atoms with van der Waals surface area (Å²) < 4.78 is 11.7. The highest BCUT2D eigenvalue weighted by atomic mass is 16.6. The summed E-state index contributed by atoms with van der Waals surface area (Å²) in [7, 11) is 4.03. The van der Waals surface area contributed by atoms with E-state index < -0.39 is 4.92 Å². The Bertz CT molecular complexity index is 716. The summed E-state index contributed by atoms with van der Waals surface area (Å²) in [6.07, 6.45) is -0.0459. The molecule has 1 aliphatic rings. The Morgan fingerprint density at radius 2 is 1.88 bits per heavy atom. The van der Waals surface area contributed by atoms with Crippen LogP contribution in [0.5, 0.6) is 5.75 Å². The van der Waals surface area contributed by atoms with Crippen molar-refractivity contribution in [2.24, 2.45) is 0 Å². The molecule has 0 aromatic heterocycles. The van der Waals surface area contributed by atoms with Gasteiger partial charge in [0.1, 0.15) is 25.0 Å². The quantitative estimate of drug-likeness (QED) is 0.637. The van der Waals surface area contributed by atoms with E-state index in [0.29, 0.717) is 12.4 Å². The van der Waals surface area contributed by atoms with E-state index in [-0.39, 0.29) is 18.0 Å². The van der Waals surface area contributed by atoms with Crippen molar-refractivity contribution in [3.8, 4) is 5.75 Å². The molecule has 0 radical (unpaired) electrons. The summed E-state index contributed by atoms with van der Waals surface area (Å²) >= 11 is 0. The first-order valence-electron chi connectivity index (χ1n) is 8.16. The molecular formula is C18H22N3O4+. The van der Waals surface area contributed by atoms with Crippen LogP contribution < -0.4 is 15.0 Å². The monoisotopic (exact) mass is 344 g/mol. The van der Waals surface area contributed by atoms with Crippen LogP contribution in [0.4, 0.5) is 11.4 Å². The lowest BCUT2D eigenvalue weighted by Crippen LogP contribution is -2.82. The fraction of sp³-hybridized carbons (Fsp3) is 0.333. The molecule has 0 bridgehead atoms. The van der Waals surface area contributed by atoms with Crippen molar-refractivity contribution in [2.75, 3.05) is 32.1 Å². The lowest BCUT2D eigenvalue weighted by atomic mass is 10.2. The summed E-state index contributed by atoms with van der Waals surface area (Å²) in [5.74, 6) is 0.605. The Labute approximate surface area is 146 Å². The van der Waals surface area contributed by atoms with Crippen molar-refractivity contribution in [3.63, 3.8) is 0 Å². The molecule has 2 atom stereocenters. The summed E-state index contributed by atoms with van der Waals surface area (Å²) in [4.78, 5) is 12.3. The lowest BCUT2D eigenvalue weighted by Gasteiger charge is -2.14. The molecule has 132 valence electrons. The van der Waals surface area contributed by atoms with Gasteiger partial charge in [-0.3, -0.25) is 10.1 Å². The number of nitrogens with zero attached hydrogens (tertiary/aromatic N) is 2. The average molecular weight is 344 g/mol. The van der Waals surface area contributed by atoms with Gasteiger partial charge in [0, 0.05) is 37.5 Å². The molecule has 0 aliphatic carbocycles. The van der Waals surface area contributed by atoms with E-state index in [1.165, 1.54) is 12.1 Å². The van der Waals surface area contributed by atoms with Gasteiger partial charge in [0.15, 0.2) is 0 Å². The van der Waals surface area contributed by atoms with Crippen molar-refractivity contribution >= 4 is 11.4 Å². The van der Waals surface area contributed by atoms with Crippen LogP contribution in [0.3, 0.4) is 0 Å². The number of nitro groups is 1. The van der Waals surface area contributed by atoms with Crippen LogP contribution in [-0.4, -0.2) is 38.3 Å². The van der Waals surface area contributed by atoms with Crippen molar-refractivity contribution < 1.29 is 19.7 Å². The van der Waals surface area contributed by atoms with Gasteiger partial charge in [-0.05, 0) is 36.4 Å². The molecule has 7 heteroatoms. The van der Waals surface area contributed by atoms with Gasteiger partial charge in [0.25, 0.3) is 5.69 Å². The highest BCUT2D eigenvalue weighted by Crippen LogP contribution is 2.21. The Kier molecular flexibility index (Phi) is 5.16. The first-order valence-corrected chi connectivity index (χ1v) is 8.16. The fourth-order valence-corrected chi connectivity index (χ4v) is 2.73. The number of rotatable bonds is 6. The van der Waals surface area contributed by atoms with Crippen molar-refractivity contribution in [3.05, 3.63) is 64.2 Å². The van der Waals surface area contributed by atoms with Crippen molar-refractivity contribution in [2.45, 2.75) is 12.3 Å². The van der Waals surface area contributed by atoms with Gasteiger partial charge in [-0.1, -0.05) is 0 Å². The molecule has 1 fully saturated rings. The highest BCUT2D eigenvalue weighted by Gasteiger charge is 2.30. The SMILES string of the molecule is CN(C)c1ccc([C@@H]2[NH2+]C[C@@H](COc3ccc([N+](=O)[O-])cc3)O2)cc1. The number of benzene rings is 2. The fourth-order valence-electron chi connectivity index (χ4n) is 2.73. The summed E-state index contributed by atoms with van der Waals surface area (Å²) in [5, 5.41) is 12.8. The molecule has 2 aromatic carbocycles. The molecular weight excluding hydrogens is 322 g/mol. The first kappa shape index (κ1) is 17.2. The number of quaternary nitrogens is 1. The number of non-ortho nitro benzene ring substituents is 1. The van der Waals surface area contributed by atoms with E-state index in [9.17, 15) is 10.1 Å². The number of hydrogen-bond donors (Lipinski definition) is 1. The maximum Gasteiger partial charge on any atom is 0.269 e. The first-order chi connectivity index (χ1) is 12.0. The van der Waals surface area contributed by atoms with Gasteiger partial charge in [0.2, 0.25) is 6.23 Å². The summed E-state index contributed by atoms with van der Waals surface area (Å²) in [5.41, 5.74) is 2.34. The maximum absolute atomic E-state index is 10.6. The largest absolute Gasteiger partial charge is 0.491 e. The third-order valence-corrected chi connectivity index (χ3v) is 4.17. The number of nitro benzene ring substituents is 1. The molecule has 0 amide bonds. The second-order valence-corrected chi connectivity index (χ2v) is 6.20. The standard InChI is InChI=1S/C18H21N3O4/c1-20(2)14-5-3-13(4-6-14)18-19-11-17(25-18)12-24-16-9-7-15(8-10-16)21(22)23/h3-10,17-19H,11-12H2,1-2H3/p+1/t17-,18+/m0/s1. The van der Waals surface area contributed by atoms with Crippen LogP contribution in [0, 0.1) is 10.1 Å². The normalized spacial score (nSPS) is 19.6. The van der Waals surface area contributed by atoms with E-state index in [2.05, 4.69) is 34.5 Å². The van der Waals surface area contributed by atoms with Crippen molar-refractivity contribution in [1.29, 1.82) is 0 Å². The van der Waals surface area contributed by atoms with Gasteiger partial charge in [0.05, 0.1) is 4.92 Å². The highest BCUT2D eigenvalue weighted by molar-refractivity contribution is 5.46. The topological polar surface area (TPSA) is 81.5 Å². The molecule has 7 nitrogen and oxygen atoms in total. The van der Waals surface area contributed by atoms with Gasteiger partial charge in [-0.15, -0.1) is 0 Å². The Morgan fingerprint density at radius 1 is 1.20 bits per heavy atom. The molecule has 1 heterocycles. The predicted molar refractivity (Wildman–Crippen MR) is 93.8 cm³/mol. The summed E-state index contributed by atoms with van der Waals surface area (Å²) in [6.45, 7) is 1.23. The Hall–Kier alpha value is -2.64. The Balaban J connectivity index is 1.51. The van der Waals surface area contributed by atoms with E-state index in [4.69, 9.17) is 9.47 Å². The summed E-state index contributed by atoms with van der Waals surface area (Å²) in [6, 6.07) is 14.4. The molecule has 25 heavy (non-hydrogen) atoms. The average Bonchev–Trinajstić information content (AvgIpc) is 3.09. The van der Waals surface area contributed by atoms with Crippen LogP contribution in [0.15, 0.2) is 48.5 Å². The number of ether oxygens (including phenoxy) is 2. The molecule has 0 saturated carbocycles. The predicted octanol–water partition coefficient (Wildman–Crippen LogP) is 1.70. The van der Waals surface area contributed by atoms with E-state index in [1.54, 1.807) is 12.1 Å². The lowest BCUT2D eigenvalue weighted by molar-refractivity contribution is -0.697. The van der Waals surface area contributed by atoms with Gasteiger partial charge in [-0.25, -0.2) is 0 Å². The zero-order valence-electron chi connectivity index (χ0n) is 14.3. The number of hydrogen-bond acceptors (Lipinski definition) is 5. The van der Waals surface area contributed by atoms with E-state index in [1.807, 2.05) is 14.1 Å². The zero-order chi connectivity index (χ0) is 17.8. The number of anilines is 1. The van der Waals surface area contributed by atoms with Crippen LogP contribution in [0.25, 0.3) is 0 Å². The van der Waals surface area contributed by atoms with Gasteiger partial charge < -0.3 is 19.7 Å². The van der Waals surface area contributed by atoms with Crippen LogP contribution in [-0.2, 0) is 4.74 Å². The Morgan fingerprint density at radius 3 is 2.48 bits per heavy atom. The minimum atomic E-state index is -0.426. The smallest absolute Gasteiger partial charge is 0.269 e. The zero-order valence-corrected chi connectivity index (χ0v) is 14.3. The minimum Gasteiger partial charge on any atom is -0.491 e. The molecule has 2 N–H and O–H groups in total. The molecule has 0 unspecified atom stereocenters. The second-order valence-electron chi connectivity index (χ2n) is 6.20. The minimum absolute atomic E-state index is 0.0197. The third-order valence-electron chi connectivity index (χ3n) is 4.17. The van der Waals surface area contributed by atoms with E-state index in [0.717, 1.165) is 17.8 Å². The van der Waals surface area contributed by atoms with Gasteiger partial charge in [-0.2, -0.15) is 0 Å². The van der Waals surface area contributed by atoms with Crippen LogP contribution in [0.2, 0.25) is 0 Å². The van der Waals surface area contributed by atoms with Crippen LogP contribution in [0.1, 0.15) is 11.8 Å². The maximum atomic E-state index is 10.6. The number of nitrogens with two attached hydrogens (primary N) is 1. The molecule has 1 aliphatic heterocycles. The second kappa shape index (κ2) is 7.50.